The van der Waals surface area contributed by atoms with Gasteiger partial charge in [-0.15, -0.1) is 0 Å². The molecule has 124 valence electrons. The van der Waals surface area contributed by atoms with Crippen molar-refractivity contribution in [2.75, 3.05) is 31.4 Å². The molecule has 0 spiro atoms. The number of hydrogen-bond donors (Lipinski definition) is 2. The lowest BCUT2D eigenvalue weighted by atomic mass is 9.95. The van der Waals surface area contributed by atoms with Crippen molar-refractivity contribution in [3.8, 4) is 5.88 Å². The largest absolute Gasteiger partial charge is 0.474 e. The van der Waals surface area contributed by atoms with E-state index in [2.05, 4.69) is 29.1 Å². The zero-order valence-corrected chi connectivity index (χ0v) is 13.9. The smallest absolute Gasteiger partial charge is 0.242 e. The Morgan fingerprint density at radius 2 is 1.91 bits per heavy atom. The molecule has 0 radical (unpaired) electrons. The van der Waals surface area contributed by atoms with Gasteiger partial charge in [-0.3, -0.25) is 0 Å². The van der Waals surface area contributed by atoms with Gasteiger partial charge in [0.05, 0.1) is 6.61 Å². The van der Waals surface area contributed by atoms with Crippen molar-refractivity contribution in [3.05, 3.63) is 5.82 Å². The Morgan fingerprint density at radius 3 is 2.55 bits per heavy atom. The molecule has 1 aliphatic carbocycles. The molecule has 0 atom stereocenters. The Hall–Kier alpha value is -1.56. The molecule has 1 heterocycles. The van der Waals surface area contributed by atoms with Crippen LogP contribution in [0.5, 0.6) is 5.88 Å². The molecule has 1 aromatic heterocycles. The number of nitrogen functional groups attached to an aromatic ring is 1. The molecule has 3 N–H and O–H groups in total. The van der Waals surface area contributed by atoms with Gasteiger partial charge < -0.3 is 20.5 Å². The molecule has 1 saturated carbocycles. The minimum absolute atomic E-state index is 0.220. The van der Waals surface area contributed by atoms with Crippen LogP contribution in [0.3, 0.4) is 0 Å². The number of hydrogen-bond acceptors (Lipinski definition) is 6. The zero-order valence-electron chi connectivity index (χ0n) is 13.9. The van der Waals surface area contributed by atoms with Crippen LogP contribution in [0.2, 0.25) is 0 Å². The quantitative estimate of drug-likeness (QED) is 0.754. The molecule has 0 unspecified atom stereocenters. The van der Waals surface area contributed by atoms with Gasteiger partial charge in [0.1, 0.15) is 18.1 Å². The maximum atomic E-state index is 6.20. The highest BCUT2D eigenvalue weighted by atomic mass is 16.5. The van der Waals surface area contributed by atoms with E-state index in [0.717, 1.165) is 5.82 Å². The number of ether oxygens (including phenoxy) is 2. The standard InChI is InChI=1S/C16H28N4O2/c1-11(2)14-19-15(18-12-7-5-4-6-8-12)13(17)16(20-14)22-10-9-21-3/h11-12H,4-10,17H2,1-3H3,(H,18,19,20). The molecule has 0 aliphatic heterocycles. The van der Waals surface area contributed by atoms with E-state index in [0.29, 0.717) is 36.6 Å². The van der Waals surface area contributed by atoms with Crippen LogP contribution < -0.4 is 15.8 Å². The minimum Gasteiger partial charge on any atom is -0.474 e. The van der Waals surface area contributed by atoms with Crippen LogP contribution in [-0.4, -0.2) is 36.3 Å². The van der Waals surface area contributed by atoms with E-state index in [9.17, 15) is 0 Å². The van der Waals surface area contributed by atoms with Gasteiger partial charge in [0.25, 0.3) is 0 Å². The fourth-order valence-corrected chi connectivity index (χ4v) is 2.61. The summed E-state index contributed by atoms with van der Waals surface area (Å²) < 4.78 is 10.7. The van der Waals surface area contributed by atoms with Crippen molar-refractivity contribution in [3.63, 3.8) is 0 Å². The van der Waals surface area contributed by atoms with Gasteiger partial charge in [-0.2, -0.15) is 4.98 Å². The van der Waals surface area contributed by atoms with Crippen LogP contribution in [0.15, 0.2) is 0 Å². The number of nitrogens with one attached hydrogen (secondary N) is 1. The summed E-state index contributed by atoms with van der Waals surface area (Å²) in [5.41, 5.74) is 6.69. The summed E-state index contributed by atoms with van der Waals surface area (Å²) in [5.74, 6) is 2.13. The van der Waals surface area contributed by atoms with Crippen molar-refractivity contribution >= 4 is 11.5 Å². The van der Waals surface area contributed by atoms with Crippen LogP contribution in [0, 0.1) is 0 Å². The Morgan fingerprint density at radius 1 is 1.18 bits per heavy atom. The second-order valence-corrected chi connectivity index (χ2v) is 6.12. The van der Waals surface area contributed by atoms with Crippen molar-refractivity contribution in [2.24, 2.45) is 0 Å². The molecule has 1 aliphatic rings. The Bertz CT molecular complexity index is 473. The molecule has 6 heteroatoms. The summed E-state index contributed by atoms with van der Waals surface area (Å²) in [5, 5.41) is 3.49. The number of nitrogens with zero attached hydrogens (tertiary/aromatic N) is 2. The van der Waals surface area contributed by atoms with Gasteiger partial charge >= 0.3 is 0 Å². The van der Waals surface area contributed by atoms with Crippen molar-refractivity contribution in [1.82, 2.24) is 9.97 Å². The van der Waals surface area contributed by atoms with E-state index < -0.39 is 0 Å². The van der Waals surface area contributed by atoms with Gasteiger partial charge in [-0.1, -0.05) is 33.1 Å². The maximum Gasteiger partial charge on any atom is 0.242 e. The number of anilines is 2. The normalized spacial score (nSPS) is 16.0. The molecule has 2 rings (SSSR count). The molecular formula is C16H28N4O2. The van der Waals surface area contributed by atoms with E-state index >= 15 is 0 Å². The second kappa shape index (κ2) is 8.17. The first kappa shape index (κ1) is 16.8. The van der Waals surface area contributed by atoms with Crippen molar-refractivity contribution in [2.45, 2.75) is 57.9 Å². The number of methoxy groups -OCH3 is 1. The molecule has 22 heavy (non-hydrogen) atoms. The average Bonchev–Trinajstić information content (AvgIpc) is 2.51. The zero-order chi connectivity index (χ0) is 15.9. The van der Waals surface area contributed by atoms with E-state index in [-0.39, 0.29) is 5.92 Å². The highest BCUT2D eigenvalue weighted by Gasteiger charge is 2.19. The highest BCUT2D eigenvalue weighted by molar-refractivity contribution is 5.67. The van der Waals surface area contributed by atoms with Gasteiger partial charge in [0.2, 0.25) is 5.88 Å². The molecule has 1 fully saturated rings. The Kier molecular flexibility index (Phi) is 6.24. The number of aromatic nitrogens is 2. The van der Waals surface area contributed by atoms with Gasteiger partial charge in [-0.05, 0) is 12.8 Å². The predicted molar refractivity (Wildman–Crippen MR) is 88.4 cm³/mol. The van der Waals surface area contributed by atoms with Crippen LogP contribution in [0.1, 0.15) is 57.7 Å². The molecule has 6 nitrogen and oxygen atoms in total. The molecule has 0 amide bonds. The number of nitrogens with two attached hydrogens (primary N) is 1. The van der Waals surface area contributed by atoms with E-state index in [1.54, 1.807) is 7.11 Å². The van der Waals surface area contributed by atoms with E-state index in [1.165, 1.54) is 32.1 Å². The summed E-state index contributed by atoms with van der Waals surface area (Å²) in [7, 11) is 1.64. The van der Waals surface area contributed by atoms with Crippen LogP contribution >= 0.6 is 0 Å². The molecule has 0 bridgehead atoms. The Labute approximate surface area is 132 Å². The SMILES string of the molecule is COCCOc1nc(C(C)C)nc(NC2CCCCC2)c1N. The maximum absolute atomic E-state index is 6.20. The predicted octanol–water partition coefficient (Wildman–Crippen LogP) is 2.95. The lowest BCUT2D eigenvalue weighted by Gasteiger charge is -2.24. The van der Waals surface area contributed by atoms with Crippen molar-refractivity contribution < 1.29 is 9.47 Å². The van der Waals surface area contributed by atoms with Gasteiger partial charge in [0.15, 0.2) is 5.82 Å². The average molecular weight is 308 g/mol. The van der Waals surface area contributed by atoms with Crippen LogP contribution in [0.4, 0.5) is 11.5 Å². The summed E-state index contributed by atoms with van der Waals surface area (Å²) in [6.07, 6.45) is 6.18. The third-order valence-corrected chi connectivity index (χ3v) is 3.92. The summed E-state index contributed by atoms with van der Waals surface area (Å²) in [6.45, 7) is 5.06. The fraction of sp³-hybridized carbons (Fsp3) is 0.750. The molecule has 0 saturated heterocycles. The fourth-order valence-electron chi connectivity index (χ4n) is 2.61. The molecular weight excluding hydrogens is 280 g/mol. The van der Waals surface area contributed by atoms with Gasteiger partial charge in [-0.25, -0.2) is 4.98 Å². The first-order valence-corrected chi connectivity index (χ1v) is 8.17. The van der Waals surface area contributed by atoms with Crippen LogP contribution in [0.25, 0.3) is 0 Å². The second-order valence-electron chi connectivity index (χ2n) is 6.12. The van der Waals surface area contributed by atoms with Gasteiger partial charge in [0, 0.05) is 19.1 Å². The number of rotatable bonds is 7. The van der Waals surface area contributed by atoms with Crippen molar-refractivity contribution in [1.29, 1.82) is 0 Å². The Balaban J connectivity index is 2.18. The first-order valence-electron chi connectivity index (χ1n) is 8.17. The lowest BCUT2D eigenvalue weighted by Crippen LogP contribution is -2.24. The van der Waals surface area contributed by atoms with Crippen LogP contribution in [-0.2, 0) is 4.74 Å². The topological polar surface area (TPSA) is 82.3 Å². The van der Waals surface area contributed by atoms with E-state index in [1.807, 2.05) is 0 Å². The molecule has 1 aromatic rings. The third-order valence-electron chi connectivity index (χ3n) is 3.92. The first-order chi connectivity index (χ1) is 10.6. The summed E-state index contributed by atoms with van der Waals surface area (Å²) >= 11 is 0. The lowest BCUT2D eigenvalue weighted by molar-refractivity contribution is 0.144. The highest BCUT2D eigenvalue weighted by Crippen LogP contribution is 2.30. The summed E-state index contributed by atoms with van der Waals surface area (Å²) in [4.78, 5) is 9.04. The van der Waals surface area contributed by atoms with E-state index in [4.69, 9.17) is 15.2 Å². The molecule has 0 aromatic carbocycles. The minimum atomic E-state index is 0.220. The summed E-state index contributed by atoms with van der Waals surface area (Å²) in [6, 6.07) is 0.442. The third kappa shape index (κ3) is 4.47. The monoisotopic (exact) mass is 308 g/mol.